The summed E-state index contributed by atoms with van der Waals surface area (Å²) in [5, 5.41) is 0. The standard InChI is InChI=1S/C73H120O6/c1-4-7-10-13-16-19-22-25-27-29-31-33-35-36-38-39-41-43-45-48-51-54-57-60-63-66-72(75)78-69-70(68-77-71(74)65-62-59-56-53-50-47-24-21-18-15-12-9-6-3)79-73(76)67-64-61-58-55-52-49-46-44-42-40-37-34-32-30-28-26-23-20-17-14-11-8-5-2/h7,10,12,15-16,19,21,23-27,30-33,36,38,41,43,48,51,70H,4-6,8-9,11,13-14,17-18,20,22,28-29,34-35,37,39-40,42,44-47,49-50,52-69H2,1-3H3/b10-7-,15-12-,19-16-,24-21-,26-23-,27-25-,32-30-,33-31-,38-36-,43-41-,51-48-. The summed E-state index contributed by atoms with van der Waals surface area (Å²) < 4.78 is 16.9. The van der Waals surface area contributed by atoms with E-state index in [-0.39, 0.29) is 31.1 Å². The van der Waals surface area contributed by atoms with Gasteiger partial charge in [0.2, 0.25) is 0 Å². The van der Waals surface area contributed by atoms with Crippen LogP contribution in [0.4, 0.5) is 0 Å². The number of carbonyl (C=O) groups excluding carboxylic acids is 3. The largest absolute Gasteiger partial charge is 0.462 e. The second kappa shape index (κ2) is 66.1. The van der Waals surface area contributed by atoms with Crippen molar-refractivity contribution in [2.75, 3.05) is 13.2 Å². The maximum atomic E-state index is 12.9. The van der Waals surface area contributed by atoms with Gasteiger partial charge in [-0.25, -0.2) is 0 Å². The van der Waals surface area contributed by atoms with Crippen LogP contribution in [0, 0.1) is 0 Å². The van der Waals surface area contributed by atoms with Crippen molar-refractivity contribution in [2.45, 2.75) is 297 Å². The fraction of sp³-hybridized carbons (Fsp3) is 0.658. The molecule has 0 bridgehead atoms. The van der Waals surface area contributed by atoms with E-state index in [0.29, 0.717) is 19.3 Å². The molecule has 0 aromatic rings. The minimum Gasteiger partial charge on any atom is -0.462 e. The van der Waals surface area contributed by atoms with Crippen LogP contribution < -0.4 is 0 Å². The Balaban J connectivity index is 4.42. The molecule has 448 valence electrons. The van der Waals surface area contributed by atoms with Crippen LogP contribution in [0.1, 0.15) is 290 Å². The van der Waals surface area contributed by atoms with E-state index in [4.69, 9.17) is 14.2 Å². The first-order valence-corrected chi connectivity index (χ1v) is 32.7. The van der Waals surface area contributed by atoms with Gasteiger partial charge in [0.1, 0.15) is 13.2 Å². The Labute approximate surface area is 487 Å². The summed E-state index contributed by atoms with van der Waals surface area (Å²) in [4.78, 5) is 38.3. The monoisotopic (exact) mass is 1090 g/mol. The number of unbranched alkanes of at least 4 members (excludes halogenated alkanes) is 25. The molecule has 79 heavy (non-hydrogen) atoms. The topological polar surface area (TPSA) is 78.9 Å². The highest BCUT2D eigenvalue weighted by Gasteiger charge is 2.19. The van der Waals surface area contributed by atoms with Crippen molar-refractivity contribution in [2.24, 2.45) is 0 Å². The molecule has 0 aliphatic carbocycles. The summed E-state index contributed by atoms with van der Waals surface area (Å²) in [6.07, 6.45) is 93.1. The van der Waals surface area contributed by atoms with Gasteiger partial charge in [-0.2, -0.15) is 0 Å². The first kappa shape index (κ1) is 74.5. The lowest BCUT2D eigenvalue weighted by molar-refractivity contribution is -0.167. The molecular weight excluding hydrogens is 973 g/mol. The smallest absolute Gasteiger partial charge is 0.306 e. The minimum absolute atomic E-state index is 0.100. The molecule has 0 aliphatic heterocycles. The first-order chi connectivity index (χ1) is 39.0. The average Bonchev–Trinajstić information content (AvgIpc) is 3.45. The van der Waals surface area contributed by atoms with Crippen molar-refractivity contribution in [3.63, 3.8) is 0 Å². The number of esters is 3. The van der Waals surface area contributed by atoms with Crippen molar-refractivity contribution >= 4 is 17.9 Å². The van der Waals surface area contributed by atoms with E-state index in [1.807, 2.05) is 0 Å². The molecule has 0 amide bonds. The molecule has 6 nitrogen and oxygen atoms in total. The Morgan fingerprint density at radius 1 is 0.266 bits per heavy atom. The summed E-state index contributed by atoms with van der Waals surface area (Å²) in [6, 6.07) is 0. The van der Waals surface area contributed by atoms with E-state index in [9.17, 15) is 14.4 Å². The maximum Gasteiger partial charge on any atom is 0.306 e. The van der Waals surface area contributed by atoms with Gasteiger partial charge in [-0.3, -0.25) is 14.4 Å². The van der Waals surface area contributed by atoms with Crippen LogP contribution in [-0.4, -0.2) is 37.2 Å². The number of allylic oxidation sites excluding steroid dienone is 22. The quantitative estimate of drug-likeness (QED) is 0.0261. The number of ether oxygens (including phenoxy) is 3. The fourth-order valence-corrected chi connectivity index (χ4v) is 8.73. The number of carbonyl (C=O) groups is 3. The summed E-state index contributed by atoms with van der Waals surface area (Å²) in [6.45, 7) is 6.42. The average molecular weight is 1090 g/mol. The van der Waals surface area contributed by atoms with Crippen molar-refractivity contribution in [3.05, 3.63) is 134 Å². The highest BCUT2D eigenvalue weighted by Crippen LogP contribution is 2.15. The lowest BCUT2D eigenvalue weighted by atomic mass is 10.0. The zero-order valence-corrected chi connectivity index (χ0v) is 51.3. The number of hydrogen-bond donors (Lipinski definition) is 0. The van der Waals surface area contributed by atoms with Crippen molar-refractivity contribution in [3.8, 4) is 0 Å². The third-order valence-corrected chi connectivity index (χ3v) is 13.6. The summed E-state index contributed by atoms with van der Waals surface area (Å²) in [7, 11) is 0. The fourth-order valence-electron chi connectivity index (χ4n) is 8.73. The van der Waals surface area contributed by atoms with Gasteiger partial charge in [-0.15, -0.1) is 0 Å². The molecule has 0 heterocycles. The predicted octanol–water partition coefficient (Wildman–Crippen LogP) is 22.5. The van der Waals surface area contributed by atoms with Crippen LogP contribution in [0.25, 0.3) is 0 Å². The predicted molar refractivity (Wildman–Crippen MR) is 343 cm³/mol. The lowest BCUT2D eigenvalue weighted by Crippen LogP contribution is -2.30. The molecule has 1 atom stereocenters. The normalized spacial score (nSPS) is 13.0. The van der Waals surface area contributed by atoms with Gasteiger partial charge in [-0.05, 0) is 135 Å². The zero-order valence-electron chi connectivity index (χ0n) is 51.3. The van der Waals surface area contributed by atoms with E-state index in [0.717, 1.165) is 148 Å². The molecule has 0 saturated heterocycles. The van der Waals surface area contributed by atoms with E-state index < -0.39 is 6.10 Å². The van der Waals surface area contributed by atoms with Gasteiger partial charge < -0.3 is 14.2 Å². The maximum absolute atomic E-state index is 12.9. The van der Waals surface area contributed by atoms with Gasteiger partial charge >= 0.3 is 17.9 Å². The zero-order chi connectivity index (χ0) is 57.1. The molecule has 0 saturated carbocycles. The van der Waals surface area contributed by atoms with Gasteiger partial charge in [-0.1, -0.05) is 270 Å². The van der Waals surface area contributed by atoms with Crippen LogP contribution in [0.3, 0.4) is 0 Å². The summed E-state index contributed by atoms with van der Waals surface area (Å²) >= 11 is 0. The van der Waals surface area contributed by atoms with Crippen molar-refractivity contribution in [1.82, 2.24) is 0 Å². The second-order valence-corrected chi connectivity index (χ2v) is 21.3. The van der Waals surface area contributed by atoms with Crippen LogP contribution >= 0.6 is 0 Å². The number of hydrogen-bond acceptors (Lipinski definition) is 6. The molecule has 1 unspecified atom stereocenters. The molecule has 0 spiro atoms. The van der Waals surface area contributed by atoms with E-state index in [1.165, 1.54) is 103 Å². The van der Waals surface area contributed by atoms with E-state index in [2.05, 4.69) is 154 Å². The minimum atomic E-state index is -0.805. The molecule has 0 aliphatic rings. The summed E-state index contributed by atoms with van der Waals surface area (Å²) in [5.41, 5.74) is 0. The molecule has 0 fully saturated rings. The molecule has 0 N–H and O–H groups in total. The van der Waals surface area contributed by atoms with Gasteiger partial charge in [0.15, 0.2) is 6.10 Å². The highest BCUT2D eigenvalue weighted by molar-refractivity contribution is 5.71. The van der Waals surface area contributed by atoms with E-state index in [1.54, 1.807) is 0 Å². The Bertz CT molecular complexity index is 1680. The first-order valence-electron chi connectivity index (χ1n) is 32.7. The molecule has 0 radical (unpaired) electrons. The molecule has 0 aromatic heterocycles. The second-order valence-electron chi connectivity index (χ2n) is 21.3. The van der Waals surface area contributed by atoms with Crippen molar-refractivity contribution < 1.29 is 28.6 Å². The van der Waals surface area contributed by atoms with Crippen LogP contribution in [0.15, 0.2) is 134 Å². The number of rotatable bonds is 58. The molecule has 0 aromatic carbocycles. The van der Waals surface area contributed by atoms with Gasteiger partial charge in [0.05, 0.1) is 0 Å². The van der Waals surface area contributed by atoms with E-state index >= 15 is 0 Å². The van der Waals surface area contributed by atoms with Crippen LogP contribution in [0.5, 0.6) is 0 Å². The van der Waals surface area contributed by atoms with Crippen molar-refractivity contribution in [1.29, 1.82) is 0 Å². The molecular formula is C73H120O6. The van der Waals surface area contributed by atoms with Crippen LogP contribution in [0.2, 0.25) is 0 Å². The Morgan fingerprint density at radius 3 is 0.835 bits per heavy atom. The Morgan fingerprint density at radius 2 is 0.519 bits per heavy atom. The summed E-state index contributed by atoms with van der Waals surface area (Å²) in [5.74, 6) is -0.946. The van der Waals surface area contributed by atoms with Crippen LogP contribution in [-0.2, 0) is 28.6 Å². The molecule has 0 rings (SSSR count). The SMILES string of the molecule is CC/C=C\C/C=C\C/C=C\C/C=C\C/C=C\C/C=C\C/C=C\CCCCCC(=O)OCC(COC(=O)CCCCCCC/C=C\C/C=C\CCC)OC(=O)CCCCCCCCCCCCC/C=C\C/C=C\CCCCCCC. The van der Waals surface area contributed by atoms with Gasteiger partial charge in [0.25, 0.3) is 0 Å². The van der Waals surface area contributed by atoms with Gasteiger partial charge in [0, 0.05) is 19.3 Å². The lowest BCUT2D eigenvalue weighted by Gasteiger charge is -2.18. The Kier molecular flexibility index (Phi) is 62.3. The third kappa shape index (κ3) is 64.3. The molecule has 6 heteroatoms. The highest BCUT2D eigenvalue weighted by atomic mass is 16.6. The Hall–Kier alpha value is -4.45. The third-order valence-electron chi connectivity index (χ3n) is 13.6.